The minimum Gasteiger partial charge on any atom is -0.497 e. The average molecular weight is 366 g/mol. The lowest BCUT2D eigenvalue weighted by atomic mass is 9.99. The van der Waals surface area contributed by atoms with Crippen molar-refractivity contribution in [2.75, 3.05) is 12.4 Å². The van der Waals surface area contributed by atoms with Crippen LogP contribution in [0.2, 0.25) is 0 Å². The third kappa shape index (κ3) is 3.14. The highest BCUT2D eigenvalue weighted by Crippen LogP contribution is 2.31. The number of fused-ring (bicyclic) bond motifs is 1. The first kappa shape index (κ1) is 14.6. The first-order valence-electron chi connectivity index (χ1n) is 6.94. The van der Waals surface area contributed by atoms with Crippen molar-refractivity contribution in [3.05, 3.63) is 44.1 Å². The zero-order valence-corrected chi connectivity index (χ0v) is 14.1. The molecule has 1 aliphatic carbocycles. The first-order valence-corrected chi connectivity index (χ1v) is 8.55. The largest absolute Gasteiger partial charge is 0.497 e. The van der Waals surface area contributed by atoms with Crippen LogP contribution < -0.4 is 10.1 Å². The van der Waals surface area contributed by atoms with Crippen molar-refractivity contribution < 1.29 is 9.53 Å². The van der Waals surface area contributed by atoms with Gasteiger partial charge in [0.2, 0.25) is 0 Å². The van der Waals surface area contributed by atoms with Crippen molar-refractivity contribution in [3.63, 3.8) is 0 Å². The van der Waals surface area contributed by atoms with Gasteiger partial charge in [-0.2, -0.15) is 0 Å². The summed E-state index contributed by atoms with van der Waals surface area (Å²) in [6.45, 7) is 0. The minimum atomic E-state index is -0.0525. The fourth-order valence-electron chi connectivity index (χ4n) is 2.51. The van der Waals surface area contributed by atoms with E-state index in [-0.39, 0.29) is 5.91 Å². The second-order valence-electron chi connectivity index (χ2n) is 5.07. The quantitative estimate of drug-likeness (QED) is 0.859. The minimum absolute atomic E-state index is 0.0525. The Morgan fingerprint density at radius 1 is 1.29 bits per heavy atom. The molecule has 21 heavy (non-hydrogen) atoms. The van der Waals surface area contributed by atoms with Gasteiger partial charge >= 0.3 is 0 Å². The number of methoxy groups -OCH3 is 1. The number of carbonyl (C=O) groups excluding carboxylic acids is 1. The van der Waals surface area contributed by atoms with Gasteiger partial charge in [-0.15, -0.1) is 11.3 Å². The molecule has 0 saturated heterocycles. The zero-order chi connectivity index (χ0) is 14.8. The van der Waals surface area contributed by atoms with Crippen molar-refractivity contribution >= 4 is 38.9 Å². The Morgan fingerprint density at radius 3 is 2.86 bits per heavy atom. The molecule has 5 heteroatoms. The zero-order valence-electron chi connectivity index (χ0n) is 11.7. The van der Waals surface area contributed by atoms with Crippen molar-refractivity contribution in [1.82, 2.24) is 0 Å². The maximum Gasteiger partial charge on any atom is 0.265 e. The highest BCUT2D eigenvalue weighted by molar-refractivity contribution is 9.10. The topological polar surface area (TPSA) is 38.3 Å². The van der Waals surface area contributed by atoms with Gasteiger partial charge in [-0.05, 0) is 65.4 Å². The number of ether oxygens (including phenoxy) is 1. The van der Waals surface area contributed by atoms with Crippen LogP contribution >= 0.6 is 27.3 Å². The number of thiophene rings is 1. The maximum absolute atomic E-state index is 12.4. The molecule has 1 aromatic heterocycles. The number of hydrogen-bond acceptors (Lipinski definition) is 3. The Hall–Kier alpha value is -1.33. The lowest BCUT2D eigenvalue weighted by Gasteiger charge is -2.08. The molecule has 0 spiro atoms. The van der Waals surface area contributed by atoms with Crippen LogP contribution in [-0.4, -0.2) is 13.0 Å². The van der Waals surface area contributed by atoms with E-state index in [9.17, 15) is 4.79 Å². The van der Waals surface area contributed by atoms with E-state index in [0.29, 0.717) is 0 Å². The molecular weight excluding hydrogens is 350 g/mol. The number of aryl methyl sites for hydroxylation is 2. The maximum atomic E-state index is 12.4. The molecule has 1 aromatic carbocycles. The van der Waals surface area contributed by atoms with E-state index in [4.69, 9.17) is 4.74 Å². The highest BCUT2D eigenvalue weighted by atomic mass is 79.9. The molecule has 1 N–H and O–H groups in total. The van der Waals surface area contributed by atoms with E-state index in [0.717, 1.165) is 33.6 Å². The van der Waals surface area contributed by atoms with E-state index in [1.807, 2.05) is 24.3 Å². The van der Waals surface area contributed by atoms with Gasteiger partial charge in [-0.3, -0.25) is 4.79 Å². The summed E-state index contributed by atoms with van der Waals surface area (Å²) in [4.78, 5) is 14.6. The van der Waals surface area contributed by atoms with Crippen molar-refractivity contribution in [2.24, 2.45) is 0 Å². The average Bonchev–Trinajstić information content (AvgIpc) is 2.93. The number of halogens is 1. The molecule has 0 saturated carbocycles. The standard InChI is InChI=1S/C16H16BrNO2S/c1-20-11-6-7-12(17)13(9-11)18-16(19)15-8-10-4-2-3-5-14(10)21-15/h6-9H,2-5H2,1H3,(H,18,19). The molecule has 0 fully saturated rings. The van der Waals surface area contributed by atoms with Crippen molar-refractivity contribution in [1.29, 1.82) is 0 Å². The van der Waals surface area contributed by atoms with Gasteiger partial charge in [0, 0.05) is 15.4 Å². The summed E-state index contributed by atoms with van der Waals surface area (Å²) in [7, 11) is 1.61. The van der Waals surface area contributed by atoms with Crippen LogP contribution in [0.3, 0.4) is 0 Å². The van der Waals surface area contributed by atoms with Gasteiger partial charge in [-0.1, -0.05) is 0 Å². The van der Waals surface area contributed by atoms with Crippen LogP contribution in [0.5, 0.6) is 5.75 Å². The monoisotopic (exact) mass is 365 g/mol. The van der Waals surface area contributed by atoms with Crippen LogP contribution in [0.15, 0.2) is 28.7 Å². The summed E-state index contributed by atoms with van der Waals surface area (Å²) in [6, 6.07) is 7.58. The summed E-state index contributed by atoms with van der Waals surface area (Å²) in [5.41, 5.74) is 2.08. The summed E-state index contributed by atoms with van der Waals surface area (Å²) in [6.07, 6.45) is 4.67. The number of hydrogen-bond donors (Lipinski definition) is 1. The fraction of sp³-hybridized carbons (Fsp3) is 0.312. The van der Waals surface area contributed by atoms with Crippen LogP contribution in [-0.2, 0) is 12.8 Å². The van der Waals surface area contributed by atoms with Crippen molar-refractivity contribution in [2.45, 2.75) is 25.7 Å². The molecule has 1 heterocycles. The Kier molecular flexibility index (Phi) is 4.31. The molecule has 0 aliphatic heterocycles. The van der Waals surface area contributed by atoms with E-state index < -0.39 is 0 Å². The number of carbonyl (C=O) groups is 1. The van der Waals surface area contributed by atoms with E-state index in [1.165, 1.54) is 23.3 Å². The van der Waals surface area contributed by atoms with Crippen LogP contribution in [0.25, 0.3) is 0 Å². The molecule has 3 rings (SSSR count). The Labute approximate surface area is 136 Å². The lowest BCUT2D eigenvalue weighted by Crippen LogP contribution is -2.10. The number of nitrogens with one attached hydrogen (secondary N) is 1. The molecule has 0 bridgehead atoms. The smallest absolute Gasteiger partial charge is 0.265 e. The molecule has 1 amide bonds. The summed E-state index contributed by atoms with van der Waals surface area (Å²) in [5, 5.41) is 2.95. The third-order valence-corrected chi connectivity index (χ3v) is 5.57. The lowest BCUT2D eigenvalue weighted by molar-refractivity contribution is 0.103. The normalized spacial score (nSPS) is 13.6. The highest BCUT2D eigenvalue weighted by Gasteiger charge is 2.18. The number of rotatable bonds is 3. The summed E-state index contributed by atoms with van der Waals surface area (Å²) in [5.74, 6) is 0.669. The second-order valence-corrected chi connectivity index (χ2v) is 7.06. The summed E-state index contributed by atoms with van der Waals surface area (Å²) < 4.78 is 6.04. The predicted molar refractivity (Wildman–Crippen MR) is 89.6 cm³/mol. The number of anilines is 1. The van der Waals surface area contributed by atoms with Crippen LogP contribution in [0.1, 0.15) is 33.0 Å². The molecule has 1 aliphatic rings. The van der Waals surface area contributed by atoms with E-state index >= 15 is 0 Å². The molecule has 0 unspecified atom stereocenters. The summed E-state index contributed by atoms with van der Waals surface area (Å²) >= 11 is 5.07. The number of benzene rings is 1. The molecule has 110 valence electrons. The SMILES string of the molecule is COc1ccc(Br)c(NC(=O)c2cc3c(s2)CCCC3)c1. The molecule has 2 aromatic rings. The fourth-order valence-corrected chi connectivity index (χ4v) is 4.01. The van der Waals surface area contributed by atoms with Gasteiger partial charge in [0.1, 0.15) is 5.75 Å². The van der Waals surface area contributed by atoms with Crippen molar-refractivity contribution in [3.8, 4) is 5.75 Å². The first-order chi connectivity index (χ1) is 10.2. The molecule has 3 nitrogen and oxygen atoms in total. The van der Waals surface area contributed by atoms with Gasteiger partial charge in [0.05, 0.1) is 17.7 Å². The molecule has 0 radical (unpaired) electrons. The van der Waals surface area contributed by atoms with Gasteiger partial charge in [0.25, 0.3) is 5.91 Å². The number of amides is 1. The molecular formula is C16H16BrNO2S. The van der Waals surface area contributed by atoms with Crippen LogP contribution in [0.4, 0.5) is 5.69 Å². The van der Waals surface area contributed by atoms with Gasteiger partial charge in [0.15, 0.2) is 0 Å². The third-order valence-electron chi connectivity index (χ3n) is 3.64. The Morgan fingerprint density at radius 2 is 2.10 bits per heavy atom. The predicted octanol–water partition coefficient (Wildman–Crippen LogP) is 4.65. The van der Waals surface area contributed by atoms with E-state index in [1.54, 1.807) is 18.4 Å². The Balaban J connectivity index is 1.81. The Bertz CT molecular complexity index is 657. The molecule has 0 atom stereocenters. The second kappa shape index (κ2) is 6.20. The van der Waals surface area contributed by atoms with Gasteiger partial charge < -0.3 is 10.1 Å². The van der Waals surface area contributed by atoms with Crippen LogP contribution in [0, 0.1) is 0 Å². The van der Waals surface area contributed by atoms with Gasteiger partial charge in [-0.25, -0.2) is 0 Å². The van der Waals surface area contributed by atoms with E-state index in [2.05, 4.69) is 21.2 Å².